The van der Waals surface area contributed by atoms with Crippen LogP contribution in [-0.4, -0.2) is 65.5 Å². The zero-order valence-corrected chi connectivity index (χ0v) is 14.9. The molecule has 3 rings (SSSR count). The number of hydrogen-bond donors (Lipinski definition) is 1. The van der Waals surface area contributed by atoms with Gasteiger partial charge in [0.25, 0.3) is 0 Å². The molecule has 1 N–H and O–H groups in total. The average molecular weight is 360 g/mol. The van der Waals surface area contributed by atoms with E-state index in [4.69, 9.17) is 4.74 Å². The molecule has 0 aromatic carbocycles. The van der Waals surface area contributed by atoms with Gasteiger partial charge in [0.2, 0.25) is 11.8 Å². The number of carbonyl (C=O) groups is 3. The van der Waals surface area contributed by atoms with Crippen LogP contribution in [0.15, 0.2) is 24.4 Å². The molecule has 1 saturated carbocycles. The van der Waals surface area contributed by atoms with Gasteiger partial charge in [-0.3, -0.25) is 14.6 Å². The Balaban J connectivity index is 1.41. The van der Waals surface area contributed by atoms with Crippen molar-refractivity contribution in [3.8, 4) is 0 Å². The average Bonchev–Trinajstić information content (AvgIpc) is 3.47. The lowest BCUT2D eigenvalue weighted by Gasteiger charge is -2.34. The van der Waals surface area contributed by atoms with Crippen LogP contribution < -0.4 is 5.32 Å². The molecule has 1 aromatic heterocycles. The maximum Gasteiger partial charge on any atom is 0.409 e. The quantitative estimate of drug-likeness (QED) is 0.832. The normalized spacial score (nSPS) is 21.9. The fraction of sp³-hybridized carbons (Fsp3) is 0.556. The molecule has 0 spiro atoms. The molecule has 0 radical (unpaired) electrons. The number of hydrogen-bond acceptors (Lipinski definition) is 5. The molecule has 2 heterocycles. The first kappa shape index (κ1) is 18.2. The van der Waals surface area contributed by atoms with Gasteiger partial charge in [-0.05, 0) is 25.5 Å². The Bertz CT molecular complexity index is 658. The molecular formula is C18H24N4O4. The summed E-state index contributed by atoms with van der Waals surface area (Å²) in [5.41, 5.74) is 0.791. The van der Waals surface area contributed by atoms with Crippen molar-refractivity contribution in [1.82, 2.24) is 20.1 Å². The summed E-state index contributed by atoms with van der Waals surface area (Å²) in [6.45, 7) is 4.38. The van der Waals surface area contributed by atoms with E-state index in [1.54, 1.807) is 22.9 Å². The second-order valence-corrected chi connectivity index (χ2v) is 6.50. The minimum Gasteiger partial charge on any atom is -0.450 e. The van der Waals surface area contributed by atoms with Crippen molar-refractivity contribution in [2.24, 2.45) is 11.8 Å². The van der Waals surface area contributed by atoms with Gasteiger partial charge >= 0.3 is 6.09 Å². The molecule has 3 amide bonds. The summed E-state index contributed by atoms with van der Waals surface area (Å²) in [6, 6.07) is 5.54. The fourth-order valence-corrected chi connectivity index (χ4v) is 3.13. The van der Waals surface area contributed by atoms with Crippen molar-refractivity contribution in [3.63, 3.8) is 0 Å². The molecule has 2 aliphatic rings. The number of pyridine rings is 1. The second kappa shape index (κ2) is 8.16. The Hall–Kier alpha value is -2.64. The summed E-state index contributed by atoms with van der Waals surface area (Å²) in [5, 5.41) is 2.84. The number of rotatable bonds is 5. The molecule has 1 aliphatic heterocycles. The SMILES string of the molecule is CCOC(=O)N1CCN(C(=O)C2CC2C(=O)NCc2ccccn2)CC1. The van der Waals surface area contributed by atoms with Crippen molar-refractivity contribution in [2.75, 3.05) is 32.8 Å². The number of aromatic nitrogens is 1. The van der Waals surface area contributed by atoms with Gasteiger partial charge < -0.3 is 19.9 Å². The lowest BCUT2D eigenvalue weighted by Crippen LogP contribution is -2.51. The van der Waals surface area contributed by atoms with E-state index in [1.165, 1.54) is 0 Å². The maximum absolute atomic E-state index is 12.6. The number of amides is 3. The summed E-state index contributed by atoms with van der Waals surface area (Å²) in [5.74, 6) is -0.590. The Morgan fingerprint density at radius 1 is 1.15 bits per heavy atom. The lowest BCUT2D eigenvalue weighted by molar-refractivity contribution is -0.136. The first-order chi connectivity index (χ1) is 12.6. The molecule has 0 bridgehead atoms. The van der Waals surface area contributed by atoms with Gasteiger partial charge in [0.1, 0.15) is 0 Å². The van der Waals surface area contributed by atoms with Gasteiger partial charge in [0, 0.05) is 32.4 Å². The van der Waals surface area contributed by atoms with E-state index < -0.39 is 0 Å². The van der Waals surface area contributed by atoms with Crippen LogP contribution in [-0.2, 0) is 20.9 Å². The topological polar surface area (TPSA) is 91.8 Å². The molecule has 8 heteroatoms. The molecule has 140 valence electrons. The smallest absolute Gasteiger partial charge is 0.409 e. The fourth-order valence-electron chi connectivity index (χ4n) is 3.13. The summed E-state index contributed by atoms with van der Waals surface area (Å²) < 4.78 is 4.97. The van der Waals surface area contributed by atoms with Crippen LogP contribution >= 0.6 is 0 Å². The van der Waals surface area contributed by atoms with Crippen LogP contribution in [0, 0.1) is 11.8 Å². The highest BCUT2D eigenvalue weighted by Crippen LogP contribution is 2.40. The van der Waals surface area contributed by atoms with E-state index in [0.29, 0.717) is 45.8 Å². The van der Waals surface area contributed by atoms with Crippen molar-refractivity contribution < 1.29 is 19.1 Å². The highest BCUT2D eigenvalue weighted by molar-refractivity contribution is 5.92. The summed E-state index contributed by atoms with van der Waals surface area (Å²) in [4.78, 5) is 44.0. The molecule has 1 aromatic rings. The van der Waals surface area contributed by atoms with Gasteiger partial charge in [-0.25, -0.2) is 4.79 Å². The minimum absolute atomic E-state index is 0.00601. The van der Waals surface area contributed by atoms with E-state index in [0.717, 1.165) is 5.69 Å². The Kier molecular flexibility index (Phi) is 5.70. The Labute approximate surface area is 152 Å². The third-order valence-electron chi connectivity index (χ3n) is 4.73. The van der Waals surface area contributed by atoms with Gasteiger partial charge in [0.15, 0.2) is 0 Å². The van der Waals surface area contributed by atoms with Gasteiger partial charge in [0.05, 0.1) is 30.7 Å². The third kappa shape index (κ3) is 4.30. The summed E-state index contributed by atoms with van der Waals surface area (Å²) in [7, 11) is 0. The number of carbonyl (C=O) groups excluding carboxylic acids is 3. The number of nitrogens with zero attached hydrogens (tertiary/aromatic N) is 3. The predicted octanol–water partition coefficient (Wildman–Crippen LogP) is 0.635. The second-order valence-electron chi connectivity index (χ2n) is 6.50. The first-order valence-corrected chi connectivity index (χ1v) is 8.98. The molecule has 26 heavy (non-hydrogen) atoms. The Morgan fingerprint density at radius 3 is 2.54 bits per heavy atom. The van der Waals surface area contributed by atoms with E-state index in [9.17, 15) is 14.4 Å². The third-order valence-corrected chi connectivity index (χ3v) is 4.73. The van der Waals surface area contributed by atoms with Crippen LogP contribution in [0.3, 0.4) is 0 Å². The highest BCUT2D eigenvalue weighted by Gasteiger charge is 2.49. The monoisotopic (exact) mass is 360 g/mol. The first-order valence-electron chi connectivity index (χ1n) is 8.98. The zero-order chi connectivity index (χ0) is 18.5. The van der Waals surface area contributed by atoms with Gasteiger partial charge in [-0.1, -0.05) is 6.07 Å². The standard InChI is InChI=1S/C18H24N4O4/c1-2-26-18(25)22-9-7-21(8-10-22)17(24)15-11-14(15)16(23)20-12-13-5-3-4-6-19-13/h3-6,14-15H,2,7-12H2,1H3,(H,20,23). The molecule has 8 nitrogen and oxygen atoms in total. The van der Waals surface area contributed by atoms with E-state index in [-0.39, 0.29) is 29.7 Å². The largest absolute Gasteiger partial charge is 0.450 e. The lowest BCUT2D eigenvalue weighted by atomic mass is 10.2. The summed E-state index contributed by atoms with van der Waals surface area (Å²) in [6.07, 6.45) is 1.93. The van der Waals surface area contributed by atoms with Crippen LogP contribution in [0.2, 0.25) is 0 Å². The van der Waals surface area contributed by atoms with Crippen molar-refractivity contribution >= 4 is 17.9 Å². The molecule has 1 aliphatic carbocycles. The van der Waals surface area contributed by atoms with Crippen LogP contribution in [0.5, 0.6) is 0 Å². The number of piperazine rings is 1. The van der Waals surface area contributed by atoms with Crippen LogP contribution in [0.4, 0.5) is 4.79 Å². The van der Waals surface area contributed by atoms with Crippen molar-refractivity contribution in [3.05, 3.63) is 30.1 Å². The zero-order valence-electron chi connectivity index (χ0n) is 14.9. The number of ether oxygens (including phenoxy) is 1. The maximum atomic E-state index is 12.6. The molecule has 2 unspecified atom stereocenters. The predicted molar refractivity (Wildman–Crippen MR) is 92.9 cm³/mol. The van der Waals surface area contributed by atoms with E-state index in [1.807, 2.05) is 18.2 Å². The van der Waals surface area contributed by atoms with Crippen LogP contribution in [0.25, 0.3) is 0 Å². The molecular weight excluding hydrogens is 336 g/mol. The molecule has 2 atom stereocenters. The van der Waals surface area contributed by atoms with Crippen LogP contribution in [0.1, 0.15) is 19.0 Å². The Morgan fingerprint density at radius 2 is 1.88 bits per heavy atom. The van der Waals surface area contributed by atoms with E-state index >= 15 is 0 Å². The van der Waals surface area contributed by atoms with Gasteiger partial charge in [-0.2, -0.15) is 0 Å². The number of nitrogens with one attached hydrogen (secondary N) is 1. The van der Waals surface area contributed by atoms with Crippen molar-refractivity contribution in [1.29, 1.82) is 0 Å². The van der Waals surface area contributed by atoms with E-state index in [2.05, 4.69) is 10.3 Å². The highest BCUT2D eigenvalue weighted by atomic mass is 16.6. The minimum atomic E-state index is -0.335. The van der Waals surface area contributed by atoms with Gasteiger partial charge in [-0.15, -0.1) is 0 Å². The molecule has 2 fully saturated rings. The summed E-state index contributed by atoms with van der Waals surface area (Å²) >= 11 is 0. The van der Waals surface area contributed by atoms with Crippen molar-refractivity contribution in [2.45, 2.75) is 19.9 Å². The molecule has 1 saturated heterocycles.